The molecule has 2 aromatic rings. The monoisotopic (exact) mass is 397 g/mol. The van der Waals surface area contributed by atoms with Crippen LogP contribution in [0.25, 0.3) is 0 Å². The van der Waals surface area contributed by atoms with Crippen LogP contribution in [0.1, 0.15) is 21.5 Å². The van der Waals surface area contributed by atoms with E-state index in [2.05, 4.69) is 37.2 Å². The van der Waals surface area contributed by atoms with E-state index < -0.39 is 0 Å². The van der Waals surface area contributed by atoms with Crippen LogP contribution < -0.4 is 5.32 Å². The summed E-state index contributed by atoms with van der Waals surface area (Å²) in [6, 6.07) is 13.0. The Morgan fingerprint density at radius 2 is 1.65 bits per heavy atom. The fourth-order valence-electron chi connectivity index (χ4n) is 1.82. The average molecular weight is 399 g/mol. The minimum atomic E-state index is -0.154. The number of amides is 1. The Kier molecular flexibility index (Phi) is 5.34. The number of carbonyl (C=O) groups excluding carboxylic acids is 1. The third-order valence-corrected chi connectivity index (χ3v) is 4.14. The second kappa shape index (κ2) is 7.02. The first-order chi connectivity index (χ1) is 9.61. The number of nitrogens with one attached hydrogen (secondary N) is 1. The Labute approximate surface area is 134 Å². The summed E-state index contributed by atoms with van der Waals surface area (Å²) in [4.78, 5) is 12.2. The molecule has 2 N–H and O–H groups in total. The Morgan fingerprint density at radius 3 is 2.30 bits per heavy atom. The SMILES string of the molecule is O=C(NCc1cccc(CO)c1)c1c(Br)cccc1Br. The molecular formula is C15H13Br2NO2. The fourth-order valence-corrected chi connectivity index (χ4v) is 3.18. The maximum Gasteiger partial charge on any atom is 0.253 e. The zero-order valence-corrected chi connectivity index (χ0v) is 13.7. The van der Waals surface area contributed by atoms with Gasteiger partial charge in [0, 0.05) is 15.5 Å². The first-order valence-corrected chi connectivity index (χ1v) is 7.61. The molecule has 0 heterocycles. The third kappa shape index (κ3) is 3.69. The van der Waals surface area contributed by atoms with Crippen LogP contribution in [0.4, 0.5) is 0 Å². The topological polar surface area (TPSA) is 49.3 Å². The van der Waals surface area contributed by atoms with Gasteiger partial charge in [-0.3, -0.25) is 4.79 Å². The van der Waals surface area contributed by atoms with Gasteiger partial charge in [-0.1, -0.05) is 30.3 Å². The van der Waals surface area contributed by atoms with Gasteiger partial charge in [-0.2, -0.15) is 0 Å². The minimum absolute atomic E-state index is 0.00241. The molecule has 0 spiro atoms. The maximum absolute atomic E-state index is 12.2. The molecule has 0 saturated heterocycles. The molecule has 104 valence electrons. The summed E-state index contributed by atoms with van der Waals surface area (Å²) in [5.41, 5.74) is 2.36. The van der Waals surface area contributed by atoms with Crippen LogP contribution in [-0.2, 0) is 13.2 Å². The standard InChI is InChI=1S/C15H13Br2NO2/c16-12-5-2-6-13(17)14(12)15(20)18-8-10-3-1-4-11(7-10)9-19/h1-7,19H,8-9H2,(H,18,20). The van der Waals surface area contributed by atoms with Gasteiger partial charge in [0.25, 0.3) is 5.91 Å². The molecule has 0 bridgehead atoms. The van der Waals surface area contributed by atoms with Gasteiger partial charge < -0.3 is 10.4 Å². The van der Waals surface area contributed by atoms with E-state index in [1.54, 1.807) is 0 Å². The van der Waals surface area contributed by atoms with Gasteiger partial charge in [-0.15, -0.1) is 0 Å². The smallest absolute Gasteiger partial charge is 0.253 e. The summed E-state index contributed by atoms with van der Waals surface area (Å²) < 4.78 is 1.49. The van der Waals surface area contributed by atoms with Crippen molar-refractivity contribution in [2.24, 2.45) is 0 Å². The summed E-state index contributed by atoms with van der Waals surface area (Å²) in [5.74, 6) is -0.154. The summed E-state index contributed by atoms with van der Waals surface area (Å²) in [7, 11) is 0. The lowest BCUT2D eigenvalue weighted by atomic mass is 10.1. The predicted octanol–water partition coefficient (Wildman–Crippen LogP) is 3.63. The van der Waals surface area contributed by atoms with Crippen LogP contribution in [0.2, 0.25) is 0 Å². The third-order valence-electron chi connectivity index (χ3n) is 2.82. The highest BCUT2D eigenvalue weighted by molar-refractivity contribution is 9.11. The molecule has 2 aromatic carbocycles. The molecule has 0 saturated carbocycles. The Bertz CT molecular complexity index is 609. The Hall–Kier alpha value is -1.17. The van der Waals surface area contributed by atoms with E-state index in [1.165, 1.54) is 0 Å². The van der Waals surface area contributed by atoms with E-state index in [0.717, 1.165) is 20.1 Å². The average Bonchev–Trinajstić information content (AvgIpc) is 2.45. The lowest BCUT2D eigenvalue weighted by molar-refractivity contribution is 0.0949. The van der Waals surface area contributed by atoms with Crippen molar-refractivity contribution in [1.29, 1.82) is 0 Å². The summed E-state index contributed by atoms with van der Waals surface area (Å²) in [6.45, 7) is 0.415. The van der Waals surface area contributed by atoms with Gasteiger partial charge in [-0.05, 0) is 55.1 Å². The first kappa shape index (κ1) is 15.2. The number of halogens is 2. The lowest BCUT2D eigenvalue weighted by Crippen LogP contribution is -2.23. The fraction of sp³-hybridized carbons (Fsp3) is 0.133. The highest BCUT2D eigenvalue weighted by Gasteiger charge is 2.13. The van der Waals surface area contributed by atoms with Crippen molar-refractivity contribution in [3.05, 3.63) is 68.1 Å². The summed E-state index contributed by atoms with van der Waals surface area (Å²) >= 11 is 6.75. The maximum atomic E-state index is 12.2. The van der Waals surface area contributed by atoms with Crippen LogP contribution >= 0.6 is 31.9 Å². The van der Waals surface area contributed by atoms with E-state index in [9.17, 15) is 4.79 Å². The van der Waals surface area contributed by atoms with Crippen LogP contribution in [0, 0.1) is 0 Å². The Balaban J connectivity index is 2.09. The second-order valence-corrected chi connectivity index (χ2v) is 5.97. The minimum Gasteiger partial charge on any atom is -0.392 e. The molecule has 0 aliphatic rings. The molecule has 0 aromatic heterocycles. The number of benzene rings is 2. The normalized spacial score (nSPS) is 10.3. The lowest BCUT2D eigenvalue weighted by Gasteiger charge is -2.09. The van der Waals surface area contributed by atoms with Crippen molar-refractivity contribution in [2.75, 3.05) is 0 Å². The van der Waals surface area contributed by atoms with Gasteiger partial charge in [-0.25, -0.2) is 0 Å². The van der Waals surface area contributed by atoms with Crippen molar-refractivity contribution in [3.8, 4) is 0 Å². The molecule has 5 heteroatoms. The number of hydrogen-bond donors (Lipinski definition) is 2. The van der Waals surface area contributed by atoms with Crippen molar-refractivity contribution < 1.29 is 9.90 Å². The van der Waals surface area contributed by atoms with Crippen molar-refractivity contribution in [2.45, 2.75) is 13.2 Å². The largest absolute Gasteiger partial charge is 0.392 e. The van der Waals surface area contributed by atoms with E-state index in [1.807, 2.05) is 42.5 Å². The van der Waals surface area contributed by atoms with Gasteiger partial charge in [0.05, 0.1) is 12.2 Å². The number of aliphatic hydroxyl groups excluding tert-OH is 1. The Morgan fingerprint density at radius 1 is 1.05 bits per heavy atom. The molecule has 0 aliphatic heterocycles. The zero-order chi connectivity index (χ0) is 14.5. The molecule has 0 radical (unpaired) electrons. The van der Waals surface area contributed by atoms with Crippen molar-refractivity contribution >= 4 is 37.8 Å². The van der Waals surface area contributed by atoms with Gasteiger partial charge in [0.2, 0.25) is 0 Å². The number of carbonyl (C=O) groups is 1. The van der Waals surface area contributed by atoms with Crippen LogP contribution in [-0.4, -0.2) is 11.0 Å². The first-order valence-electron chi connectivity index (χ1n) is 6.02. The molecule has 3 nitrogen and oxygen atoms in total. The summed E-state index contributed by atoms with van der Waals surface area (Å²) in [5, 5.41) is 12.0. The molecule has 0 aliphatic carbocycles. The molecule has 0 unspecified atom stereocenters. The molecule has 20 heavy (non-hydrogen) atoms. The number of hydrogen-bond acceptors (Lipinski definition) is 2. The number of rotatable bonds is 4. The zero-order valence-electron chi connectivity index (χ0n) is 10.6. The highest BCUT2D eigenvalue weighted by Crippen LogP contribution is 2.25. The van der Waals surface area contributed by atoms with E-state index in [4.69, 9.17) is 5.11 Å². The van der Waals surface area contributed by atoms with Crippen molar-refractivity contribution in [3.63, 3.8) is 0 Å². The molecular weight excluding hydrogens is 386 g/mol. The van der Waals surface area contributed by atoms with Gasteiger partial charge >= 0.3 is 0 Å². The highest BCUT2D eigenvalue weighted by atomic mass is 79.9. The molecule has 0 fully saturated rings. The van der Waals surface area contributed by atoms with Gasteiger partial charge in [0.1, 0.15) is 0 Å². The van der Waals surface area contributed by atoms with E-state index >= 15 is 0 Å². The summed E-state index contributed by atoms with van der Waals surface area (Å²) in [6.07, 6.45) is 0. The molecule has 1 amide bonds. The second-order valence-electron chi connectivity index (χ2n) is 4.26. The van der Waals surface area contributed by atoms with Crippen molar-refractivity contribution in [1.82, 2.24) is 5.32 Å². The molecule has 0 atom stereocenters. The van der Waals surface area contributed by atoms with E-state index in [-0.39, 0.29) is 12.5 Å². The van der Waals surface area contributed by atoms with Crippen LogP contribution in [0.15, 0.2) is 51.4 Å². The van der Waals surface area contributed by atoms with Crippen LogP contribution in [0.3, 0.4) is 0 Å². The van der Waals surface area contributed by atoms with Crippen LogP contribution in [0.5, 0.6) is 0 Å². The predicted molar refractivity (Wildman–Crippen MR) is 85.4 cm³/mol. The molecule has 2 rings (SSSR count). The quantitative estimate of drug-likeness (QED) is 0.825. The number of aliphatic hydroxyl groups is 1. The van der Waals surface area contributed by atoms with Gasteiger partial charge in [0.15, 0.2) is 0 Å². The van der Waals surface area contributed by atoms with E-state index in [0.29, 0.717) is 12.1 Å².